The van der Waals surface area contributed by atoms with Crippen LogP contribution in [0.5, 0.6) is 0 Å². The molecule has 0 saturated carbocycles. The zero-order valence-corrected chi connectivity index (χ0v) is 12.3. The van der Waals surface area contributed by atoms with Crippen molar-refractivity contribution in [3.8, 4) is 0 Å². The number of nitrogens with zero attached hydrogens (tertiary/aromatic N) is 1. The molecule has 0 aliphatic rings. The molecule has 1 aromatic rings. The first kappa shape index (κ1) is 15.6. The van der Waals surface area contributed by atoms with Crippen LogP contribution < -0.4 is 11.1 Å². The molecule has 104 valence electrons. The van der Waals surface area contributed by atoms with E-state index in [1.54, 1.807) is 0 Å². The number of nitro benzene ring substituents is 1. The number of anilines is 1. The number of carbonyl (C=O) groups is 1. The summed E-state index contributed by atoms with van der Waals surface area (Å²) < 4.78 is 0.451. The molecule has 19 heavy (non-hydrogen) atoms. The number of carbonyl (C=O) groups excluding carboxylic acids is 1. The molecule has 0 bridgehead atoms. The highest BCUT2D eigenvalue weighted by Gasteiger charge is 2.17. The van der Waals surface area contributed by atoms with Crippen LogP contribution in [0.4, 0.5) is 11.4 Å². The standard InChI is InChI=1S/C12H16BrN3O3/c1-7(2)5-10(14)12(17)15-11-4-3-8(16(18)19)6-9(11)13/h3-4,6-7,10H,5,14H2,1-2H3,(H,15,17)/t10-/m1/s1. The summed E-state index contributed by atoms with van der Waals surface area (Å²) in [7, 11) is 0. The van der Waals surface area contributed by atoms with Crippen molar-refractivity contribution in [1.29, 1.82) is 0 Å². The van der Waals surface area contributed by atoms with Crippen LogP contribution in [-0.2, 0) is 4.79 Å². The summed E-state index contributed by atoms with van der Waals surface area (Å²) in [4.78, 5) is 21.9. The highest BCUT2D eigenvalue weighted by atomic mass is 79.9. The number of nitro groups is 1. The van der Waals surface area contributed by atoms with Gasteiger partial charge in [-0.1, -0.05) is 13.8 Å². The number of hydrogen-bond donors (Lipinski definition) is 2. The third-order valence-electron chi connectivity index (χ3n) is 2.48. The first-order chi connectivity index (χ1) is 8.81. The molecule has 1 amide bonds. The van der Waals surface area contributed by atoms with E-state index in [1.165, 1.54) is 18.2 Å². The normalized spacial score (nSPS) is 12.3. The second-order valence-corrected chi connectivity index (χ2v) is 5.50. The fourth-order valence-corrected chi connectivity index (χ4v) is 2.03. The molecule has 0 fully saturated rings. The van der Waals surface area contributed by atoms with Gasteiger partial charge in [-0.3, -0.25) is 14.9 Å². The lowest BCUT2D eigenvalue weighted by Crippen LogP contribution is -2.36. The first-order valence-electron chi connectivity index (χ1n) is 5.81. The predicted octanol–water partition coefficient (Wildman–Crippen LogP) is 2.67. The number of benzene rings is 1. The Hall–Kier alpha value is -1.47. The maximum Gasteiger partial charge on any atom is 0.270 e. The minimum atomic E-state index is -0.595. The number of nitrogens with two attached hydrogens (primary N) is 1. The fourth-order valence-electron chi connectivity index (χ4n) is 1.56. The third kappa shape index (κ3) is 4.60. The summed E-state index contributed by atoms with van der Waals surface area (Å²) in [5.74, 6) is 0.0179. The molecular formula is C12H16BrN3O3. The molecule has 1 aromatic carbocycles. The molecule has 0 aliphatic carbocycles. The molecule has 1 atom stereocenters. The van der Waals surface area contributed by atoms with E-state index in [0.717, 1.165) is 0 Å². The van der Waals surface area contributed by atoms with Gasteiger partial charge in [-0.15, -0.1) is 0 Å². The molecular weight excluding hydrogens is 314 g/mol. The summed E-state index contributed by atoms with van der Waals surface area (Å²) in [5, 5.41) is 13.2. The summed E-state index contributed by atoms with van der Waals surface area (Å²) in [6.45, 7) is 3.96. The van der Waals surface area contributed by atoms with Crippen molar-refractivity contribution < 1.29 is 9.72 Å². The van der Waals surface area contributed by atoms with E-state index in [9.17, 15) is 14.9 Å². The SMILES string of the molecule is CC(C)C[C@@H](N)C(=O)Nc1ccc([N+](=O)[O-])cc1Br. The monoisotopic (exact) mass is 329 g/mol. The number of non-ortho nitro benzene ring substituents is 1. The van der Waals surface area contributed by atoms with Crippen LogP contribution in [0.1, 0.15) is 20.3 Å². The number of halogens is 1. The molecule has 0 radical (unpaired) electrons. The lowest BCUT2D eigenvalue weighted by Gasteiger charge is -2.14. The fraction of sp³-hybridized carbons (Fsp3) is 0.417. The Bertz CT molecular complexity index is 491. The second kappa shape index (κ2) is 6.63. The van der Waals surface area contributed by atoms with Gasteiger partial charge in [0.1, 0.15) is 0 Å². The van der Waals surface area contributed by atoms with E-state index < -0.39 is 11.0 Å². The third-order valence-corrected chi connectivity index (χ3v) is 3.14. The molecule has 0 aromatic heterocycles. The molecule has 0 spiro atoms. The van der Waals surface area contributed by atoms with Gasteiger partial charge in [0.15, 0.2) is 0 Å². The highest BCUT2D eigenvalue weighted by Crippen LogP contribution is 2.27. The summed E-state index contributed by atoms with van der Waals surface area (Å²) in [6.07, 6.45) is 0.580. The predicted molar refractivity (Wildman–Crippen MR) is 76.9 cm³/mol. The van der Waals surface area contributed by atoms with E-state index in [2.05, 4.69) is 21.2 Å². The molecule has 1 rings (SSSR count). The van der Waals surface area contributed by atoms with Gasteiger partial charge in [-0.2, -0.15) is 0 Å². The zero-order chi connectivity index (χ0) is 14.6. The van der Waals surface area contributed by atoms with Gasteiger partial charge in [0.2, 0.25) is 5.91 Å². The quantitative estimate of drug-likeness (QED) is 0.640. The maximum atomic E-state index is 11.8. The smallest absolute Gasteiger partial charge is 0.270 e. The number of rotatable bonds is 5. The van der Waals surface area contributed by atoms with Crippen molar-refractivity contribution in [3.05, 3.63) is 32.8 Å². The molecule has 3 N–H and O–H groups in total. The molecule has 7 heteroatoms. The average Bonchev–Trinajstić information content (AvgIpc) is 2.30. The van der Waals surface area contributed by atoms with Gasteiger partial charge in [0.25, 0.3) is 5.69 Å². The maximum absolute atomic E-state index is 11.8. The van der Waals surface area contributed by atoms with Crippen LogP contribution in [0.3, 0.4) is 0 Å². The Balaban J connectivity index is 2.77. The molecule has 0 aliphatic heterocycles. The van der Waals surface area contributed by atoms with Gasteiger partial charge in [-0.25, -0.2) is 0 Å². The van der Waals surface area contributed by atoms with E-state index in [0.29, 0.717) is 22.5 Å². The topological polar surface area (TPSA) is 98.3 Å². The van der Waals surface area contributed by atoms with Crippen LogP contribution >= 0.6 is 15.9 Å². The Morgan fingerprint density at radius 1 is 1.53 bits per heavy atom. The minimum Gasteiger partial charge on any atom is -0.324 e. The minimum absolute atomic E-state index is 0.0450. The van der Waals surface area contributed by atoms with E-state index in [4.69, 9.17) is 5.73 Å². The zero-order valence-electron chi connectivity index (χ0n) is 10.7. The van der Waals surface area contributed by atoms with Crippen LogP contribution in [0, 0.1) is 16.0 Å². The van der Waals surface area contributed by atoms with E-state index in [1.807, 2.05) is 13.8 Å². The van der Waals surface area contributed by atoms with Gasteiger partial charge < -0.3 is 11.1 Å². The summed E-state index contributed by atoms with van der Waals surface area (Å²) in [5.41, 5.74) is 6.18. The van der Waals surface area contributed by atoms with Gasteiger partial charge >= 0.3 is 0 Å². The van der Waals surface area contributed by atoms with Crippen LogP contribution in [-0.4, -0.2) is 16.9 Å². The highest BCUT2D eigenvalue weighted by molar-refractivity contribution is 9.10. The lowest BCUT2D eigenvalue weighted by molar-refractivity contribution is -0.384. The molecule has 0 heterocycles. The van der Waals surface area contributed by atoms with Crippen LogP contribution in [0.25, 0.3) is 0 Å². The van der Waals surface area contributed by atoms with Crippen molar-refractivity contribution in [3.63, 3.8) is 0 Å². The van der Waals surface area contributed by atoms with Crippen molar-refractivity contribution >= 4 is 33.2 Å². The number of amides is 1. The molecule has 6 nitrogen and oxygen atoms in total. The Labute approximate surface area is 119 Å². The first-order valence-corrected chi connectivity index (χ1v) is 6.61. The van der Waals surface area contributed by atoms with Crippen molar-refractivity contribution in [1.82, 2.24) is 0 Å². The van der Waals surface area contributed by atoms with E-state index >= 15 is 0 Å². The number of hydrogen-bond acceptors (Lipinski definition) is 4. The van der Waals surface area contributed by atoms with Crippen molar-refractivity contribution in [2.75, 3.05) is 5.32 Å². The van der Waals surface area contributed by atoms with Gasteiger partial charge in [-0.05, 0) is 34.3 Å². The number of nitrogens with one attached hydrogen (secondary N) is 1. The summed E-state index contributed by atoms with van der Waals surface area (Å²) >= 11 is 3.18. The molecule has 0 unspecified atom stereocenters. The summed E-state index contributed by atoms with van der Waals surface area (Å²) in [6, 6.07) is 3.54. The molecule has 0 saturated heterocycles. The van der Waals surface area contributed by atoms with Gasteiger partial charge in [0.05, 0.1) is 16.7 Å². The van der Waals surface area contributed by atoms with Crippen LogP contribution in [0.2, 0.25) is 0 Å². The lowest BCUT2D eigenvalue weighted by atomic mass is 10.0. The van der Waals surface area contributed by atoms with Crippen molar-refractivity contribution in [2.45, 2.75) is 26.3 Å². The Morgan fingerprint density at radius 3 is 2.63 bits per heavy atom. The van der Waals surface area contributed by atoms with Crippen molar-refractivity contribution in [2.24, 2.45) is 11.7 Å². The average molecular weight is 330 g/mol. The van der Waals surface area contributed by atoms with Crippen LogP contribution in [0.15, 0.2) is 22.7 Å². The van der Waals surface area contributed by atoms with E-state index in [-0.39, 0.29) is 11.6 Å². The Morgan fingerprint density at radius 2 is 2.16 bits per heavy atom. The largest absolute Gasteiger partial charge is 0.324 e. The van der Waals surface area contributed by atoms with Gasteiger partial charge in [0, 0.05) is 16.6 Å². The second-order valence-electron chi connectivity index (χ2n) is 4.65. The Kier molecular flexibility index (Phi) is 5.44.